The first kappa shape index (κ1) is 14.0. The lowest BCUT2D eigenvalue weighted by Gasteiger charge is -2.14. The summed E-state index contributed by atoms with van der Waals surface area (Å²) in [5.41, 5.74) is 0.507. The highest BCUT2D eigenvalue weighted by molar-refractivity contribution is 5.92. The summed E-state index contributed by atoms with van der Waals surface area (Å²) < 4.78 is 10.3. The second-order valence-electron chi connectivity index (χ2n) is 4.35. The van der Waals surface area contributed by atoms with E-state index in [9.17, 15) is 9.59 Å². The van der Waals surface area contributed by atoms with Gasteiger partial charge >= 0.3 is 12.0 Å². The minimum atomic E-state index is -1.05. The van der Waals surface area contributed by atoms with E-state index in [1.807, 2.05) is 6.92 Å². The maximum absolute atomic E-state index is 11.7. The summed E-state index contributed by atoms with van der Waals surface area (Å²) in [7, 11) is 0. The van der Waals surface area contributed by atoms with Gasteiger partial charge < -0.3 is 25.2 Å². The molecule has 1 atom stereocenters. The molecule has 108 valence electrons. The van der Waals surface area contributed by atoms with Gasteiger partial charge in [-0.1, -0.05) is 13.3 Å². The van der Waals surface area contributed by atoms with Crippen molar-refractivity contribution >= 4 is 17.7 Å². The Morgan fingerprint density at radius 3 is 2.80 bits per heavy atom. The summed E-state index contributed by atoms with van der Waals surface area (Å²) in [6.45, 7) is 2.01. The van der Waals surface area contributed by atoms with Crippen molar-refractivity contribution in [3.8, 4) is 11.5 Å². The van der Waals surface area contributed by atoms with E-state index in [1.54, 1.807) is 18.2 Å². The van der Waals surface area contributed by atoms with Gasteiger partial charge in [-0.2, -0.15) is 0 Å². The fraction of sp³-hybridized carbons (Fsp3) is 0.385. The number of aliphatic carboxylic acids is 1. The molecule has 0 spiro atoms. The Hall–Kier alpha value is -2.44. The lowest BCUT2D eigenvalue weighted by molar-refractivity contribution is -0.139. The molecular weight excluding hydrogens is 264 g/mol. The van der Waals surface area contributed by atoms with Crippen LogP contribution in [0.2, 0.25) is 0 Å². The Labute approximate surface area is 115 Å². The van der Waals surface area contributed by atoms with Crippen LogP contribution in [-0.2, 0) is 4.79 Å². The highest BCUT2D eigenvalue weighted by Gasteiger charge is 2.19. The van der Waals surface area contributed by atoms with E-state index in [2.05, 4.69) is 10.6 Å². The summed E-state index contributed by atoms with van der Waals surface area (Å²) in [4.78, 5) is 22.7. The SMILES string of the molecule is CCC[C@H](NC(=O)Nc1ccc2c(c1)OCO2)C(=O)O. The maximum atomic E-state index is 11.7. The molecule has 0 fully saturated rings. The number of nitrogens with one attached hydrogen (secondary N) is 2. The van der Waals surface area contributed by atoms with E-state index in [1.165, 1.54) is 0 Å². The molecule has 1 heterocycles. The third-order valence-corrected chi connectivity index (χ3v) is 2.81. The van der Waals surface area contributed by atoms with Crippen LogP contribution in [-0.4, -0.2) is 29.9 Å². The number of carboxylic acid groups (broad SMARTS) is 1. The summed E-state index contributed by atoms with van der Waals surface area (Å²) in [6.07, 6.45) is 1.05. The molecule has 3 N–H and O–H groups in total. The van der Waals surface area contributed by atoms with Gasteiger partial charge in [-0.3, -0.25) is 0 Å². The van der Waals surface area contributed by atoms with Crippen molar-refractivity contribution in [3.63, 3.8) is 0 Å². The first-order valence-corrected chi connectivity index (χ1v) is 6.30. The third kappa shape index (κ3) is 3.31. The van der Waals surface area contributed by atoms with Gasteiger partial charge in [0.05, 0.1) is 0 Å². The smallest absolute Gasteiger partial charge is 0.326 e. The minimum Gasteiger partial charge on any atom is -0.480 e. The van der Waals surface area contributed by atoms with Crippen molar-refractivity contribution in [1.29, 1.82) is 0 Å². The Kier molecular flexibility index (Phi) is 4.29. The Balaban J connectivity index is 1.95. The molecule has 0 unspecified atom stereocenters. The highest BCUT2D eigenvalue weighted by Crippen LogP contribution is 2.34. The van der Waals surface area contributed by atoms with E-state index in [0.717, 1.165) is 0 Å². The molecule has 2 amide bonds. The Morgan fingerprint density at radius 2 is 2.10 bits per heavy atom. The lowest BCUT2D eigenvalue weighted by Crippen LogP contribution is -2.42. The summed E-state index contributed by atoms with van der Waals surface area (Å²) in [6, 6.07) is 3.50. The van der Waals surface area contributed by atoms with Crippen molar-refractivity contribution in [2.45, 2.75) is 25.8 Å². The van der Waals surface area contributed by atoms with Crippen molar-refractivity contribution < 1.29 is 24.2 Å². The van der Waals surface area contributed by atoms with Crippen LogP contribution in [0.5, 0.6) is 11.5 Å². The normalized spacial score (nSPS) is 13.7. The number of ether oxygens (including phenoxy) is 2. The standard InChI is InChI=1S/C13H16N2O5/c1-2-3-9(12(16)17)15-13(18)14-8-4-5-10-11(6-8)20-7-19-10/h4-6,9H,2-3,7H2,1H3,(H,16,17)(H2,14,15,18)/t9-/m0/s1. The van der Waals surface area contributed by atoms with Crippen LogP contribution in [0.15, 0.2) is 18.2 Å². The molecular formula is C13H16N2O5. The predicted octanol–water partition coefficient (Wildman–Crippen LogP) is 1.79. The average Bonchev–Trinajstić information content (AvgIpc) is 2.85. The maximum Gasteiger partial charge on any atom is 0.326 e. The molecule has 0 aromatic heterocycles. The topological polar surface area (TPSA) is 96.9 Å². The Bertz CT molecular complexity index is 517. The van der Waals surface area contributed by atoms with Crippen molar-refractivity contribution in [2.24, 2.45) is 0 Å². The fourth-order valence-electron chi connectivity index (χ4n) is 1.85. The predicted molar refractivity (Wildman–Crippen MR) is 71.1 cm³/mol. The zero-order valence-corrected chi connectivity index (χ0v) is 11.0. The molecule has 0 saturated carbocycles. The molecule has 7 heteroatoms. The van der Waals surface area contributed by atoms with Crippen LogP contribution in [0.4, 0.5) is 10.5 Å². The van der Waals surface area contributed by atoms with Gasteiger partial charge in [0.15, 0.2) is 11.5 Å². The molecule has 0 aliphatic carbocycles. The number of urea groups is 1. The molecule has 0 radical (unpaired) electrons. The summed E-state index contributed by atoms with van der Waals surface area (Å²) in [5, 5.41) is 13.9. The molecule has 1 aromatic rings. The Morgan fingerprint density at radius 1 is 1.35 bits per heavy atom. The van der Waals surface area contributed by atoms with Gasteiger partial charge in [-0.05, 0) is 18.6 Å². The second kappa shape index (κ2) is 6.14. The molecule has 20 heavy (non-hydrogen) atoms. The van der Waals surface area contributed by atoms with Crippen molar-refractivity contribution in [2.75, 3.05) is 12.1 Å². The van der Waals surface area contributed by atoms with Crippen LogP contribution in [0, 0.1) is 0 Å². The summed E-state index contributed by atoms with van der Waals surface area (Å²) >= 11 is 0. The van der Waals surface area contributed by atoms with Gasteiger partial charge in [-0.25, -0.2) is 9.59 Å². The van der Waals surface area contributed by atoms with E-state index >= 15 is 0 Å². The first-order chi connectivity index (χ1) is 9.60. The number of carbonyl (C=O) groups is 2. The quantitative estimate of drug-likeness (QED) is 0.764. The van der Waals surface area contributed by atoms with Gasteiger partial charge in [0.1, 0.15) is 6.04 Å². The van der Waals surface area contributed by atoms with Gasteiger partial charge in [0.25, 0.3) is 0 Å². The molecule has 7 nitrogen and oxygen atoms in total. The van der Waals surface area contributed by atoms with Crippen LogP contribution in [0.3, 0.4) is 0 Å². The third-order valence-electron chi connectivity index (χ3n) is 2.81. The van der Waals surface area contributed by atoms with E-state index in [4.69, 9.17) is 14.6 Å². The first-order valence-electron chi connectivity index (χ1n) is 6.30. The van der Waals surface area contributed by atoms with Gasteiger partial charge in [0, 0.05) is 11.8 Å². The monoisotopic (exact) mass is 280 g/mol. The number of fused-ring (bicyclic) bond motifs is 1. The number of hydrogen-bond donors (Lipinski definition) is 3. The number of carboxylic acids is 1. The van der Waals surface area contributed by atoms with E-state index in [0.29, 0.717) is 30.0 Å². The van der Waals surface area contributed by atoms with Crippen LogP contribution >= 0.6 is 0 Å². The zero-order chi connectivity index (χ0) is 14.5. The number of amides is 2. The number of benzene rings is 1. The molecule has 0 bridgehead atoms. The molecule has 1 aliphatic rings. The highest BCUT2D eigenvalue weighted by atomic mass is 16.7. The van der Waals surface area contributed by atoms with Crippen molar-refractivity contribution in [3.05, 3.63) is 18.2 Å². The number of rotatable bonds is 5. The largest absolute Gasteiger partial charge is 0.480 e. The van der Waals surface area contributed by atoms with E-state index in [-0.39, 0.29) is 6.79 Å². The molecule has 1 aromatic carbocycles. The van der Waals surface area contributed by atoms with E-state index < -0.39 is 18.0 Å². The number of hydrogen-bond acceptors (Lipinski definition) is 4. The molecule has 2 rings (SSSR count). The van der Waals surface area contributed by atoms with Gasteiger partial charge in [0.2, 0.25) is 6.79 Å². The summed E-state index contributed by atoms with van der Waals surface area (Å²) in [5.74, 6) is 0.115. The van der Waals surface area contributed by atoms with Crippen LogP contribution in [0.1, 0.15) is 19.8 Å². The van der Waals surface area contributed by atoms with Crippen LogP contribution in [0.25, 0.3) is 0 Å². The molecule has 1 aliphatic heterocycles. The zero-order valence-electron chi connectivity index (χ0n) is 11.0. The van der Waals surface area contributed by atoms with Crippen LogP contribution < -0.4 is 20.1 Å². The minimum absolute atomic E-state index is 0.155. The fourth-order valence-corrected chi connectivity index (χ4v) is 1.85. The molecule has 0 saturated heterocycles. The number of anilines is 1. The van der Waals surface area contributed by atoms with Crippen molar-refractivity contribution in [1.82, 2.24) is 5.32 Å². The lowest BCUT2D eigenvalue weighted by atomic mass is 10.2. The number of carbonyl (C=O) groups excluding carboxylic acids is 1. The second-order valence-corrected chi connectivity index (χ2v) is 4.35. The average molecular weight is 280 g/mol. The van der Waals surface area contributed by atoms with Gasteiger partial charge in [-0.15, -0.1) is 0 Å².